The van der Waals surface area contributed by atoms with Crippen LogP contribution in [-0.4, -0.2) is 49.6 Å². The fourth-order valence-electron chi connectivity index (χ4n) is 3.64. The van der Waals surface area contributed by atoms with Crippen molar-refractivity contribution in [3.8, 4) is 0 Å². The lowest BCUT2D eigenvalue weighted by Gasteiger charge is -2.24. The molecule has 0 spiro atoms. The maximum Gasteiger partial charge on any atom is 0.309 e. The van der Waals surface area contributed by atoms with Crippen LogP contribution in [0.15, 0.2) is 30.7 Å². The van der Waals surface area contributed by atoms with Crippen LogP contribution in [0.25, 0.3) is 0 Å². The molecule has 4 rings (SSSR count). The molecule has 136 valence electrons. The van der Waals surface area contributed by atoms with Gasteiger partial charge in [0, 0.05) is 24.4 Å². The normalized spacial score (nSPS) is 22.8. The number of nitrogens with zero attached hydrogens (tertiary/aromatic N) is 5. The van der Waals surface area contributed by atoms with Crippen molar-refractivity contribution >= 4 is 28.6 Å². The molecule has 26 heavy (non-hydrogen) atoms. The number of anilines is 1. The highest BCUT2D eigenvalue weighted by Crippen LogP contribution is 2.34. The lowest BCUT2D eigenvalue weighted by atomic mass is 10.1. The average Bonchev–Trinajstić information content (AvgIpc) is 3.06. The van der Waals surface area contributed by atoms with Gasteiger partial charge in [-0.3, -0.25) is 10.7 Å². The second-order valence-electron chi connectivity index (χ2n) is 7.02. The van der Waals surface area contributed by atoms with E-state index in [1.807, 2.05) is 32.2 Å². The Labute approximate surface area is 156 Å². The molecular formula is C18H22FN6S+. The van der Waals surface area contributed by atoms with Crippen LogP contribution in [0.4, 0.5) is 16.0 Å². The van der Waals surface area contributed by atoms with Gasteiger partial charge in [-0.05, 0) is 29.8 Å². The van der Waals surface area contributed by atoms with E-state index in [4.69, 9.17) is 5.73 Å². The molecular weight excluding hydrogens is 351 g/mol. The summed E-state index contributed by atoms with van der Waals surface area (Å²) in [7, 11) is 0. The van der Waals surface area contributed by atoms with E-state index in [9.17, 15) is 4.39 Å². The molecule has 0 saturated carbocycles. The van der Waals surface area contributed by atoms with Crippen LogP contribution in [0.2, 0.25) is 0 Å². The van der Waals surface area contributed by atoms with E-state index in [-0.39, 0.29) is 17.8 Å². The number of thioether (sulfide) groups is 1. The molecule has 0 unspecified atom stereocenters. The number of amidine groups is 1. The summed E-state index contributed by atoms with van der Waals surface area (Å²) in [5.41, 5.74) is 7.78. The molecule has 2 aliphatic heterocycles. The molecule has 0 radical (unpaired) electrons. The molecule has 2 aromatic rings. The maximum absolute atomic E-state index is 14.0. The van der Waals surface area contributed by atoms with Gasteiger partial charge in [-0.2, -0.15) is 0 Å². The van der Waals surface area contributed by atoms with Crippen LogP contribution in [0, 0.1) is 11.7 Å². The highest BCUT2D eigenvalue weighted by Gasteiger charge is 2.43. The molecule has 1 fully saturated rings. The zero-order chi connectivity index (χ0) is 18.3. The first-order valence-corrected chi connectivity index (χ1v) is 9.75. The minimum atomic E-state index is -0.342. The van der Waals surface area contributed by atoms with Crippen LogP contribution in [-0.2, 0) is 0 Å². The van der Waals surface area contributed by atoms with E-state index in [0.717, 1.165) is 29.7 Å². The Bertz CT molecular complexity index is 841. The second kappa shape index (κ2) is 6.83. The van der Waals surface area contributed by atoms with Gasteiger partial charge in [0.25, 0.3) is 0 Å². The molecule has 4 heterocycles. The molecule has 0 aromatic carbocycles. The number of rotatable bonds is 3. The van der Waals surface area contributed by atoms with Crippen LogP contribution >= 0.6 is 11.8 Å². The third-order valence-electron chi connectivity index (χ3n) is 4.93. The van der Waals surface area contributed by atoms with Gasteiger partial charge in [0.1, 0.15) is 11.7 Å². The zero-order valence-electron chi connectivity index (χ0n) is 14.8. The van der Waals surface area contributed by atoms with Crippen molar-refractivity contribution in [1.29, 1.82) is 0 Å². The largest absolute Gasteiger partial charge is 0.336 e. The number of aromatic nitrogens is 3. The smallest absolute Gasteiger partial charge is 0.309 e. The maximum atomic E-state index is 14.0. The topological polar surface area (TPSA) is 70.9 Å². The number of pyridine rings is 1. The van der Waals surface area contributed by atoms with Crippen molar-refractivity contribution in [2.75, 3.05) is 23.7 Å². The molecule has 6 nitrogen and oxygen atoms in total. The summed E-state index contributed by atoms with van der Waals surface area (Å²) in [6, 6.07) is 4.18. The Balaban J connectivity index is 1.65. The summed E-state index contributed by atoms with van der Waals surface area (Å²) < 4.78 is 16.1. The zero-order valence-corrected chi connectivity index (χ0v) is 15.7. The number of fused-ring (bicyclic) bond motifs is 1. The van der Waals surface area contributed by atoms with Gasteiger partial charge in [0.05, 0.1) is 24.6 Å². The lowest BCUT2D eigenvalue weighted by Crippen LogP contribution is -2.41. The van der Waals surface area contributed by atoms with E-state index < -0.39 is 0 Å². The number of nitrogens with two attached hydrogens (primary N) is 1. The minimum absolute atomic E-state index is 0.0213. The summed E-state index contributed by atoms with van der Waals surface area (Å²) in [6.45, 7) is 5.47. The van der Waals surface area contributed by atoms with Crippen molar-refractivity contribution in [2.24, 2.45) is 11.7 Å². The molecule has 8 heteroatoms. The van der Waals surface area contributed by atoms with Crippen molar-refractivity contribution in [3.63, 3.8) is 0 Å². The first-order chi connectivity index (χ1) is 12.5. The highest BCUT2D eigenvalue weighted by molar-refractivity contribution is 8.13. The van der Waals surface area contributed by atoms with Gasteiger partial charge in [-0.1, -0.05) is 13.8 Å². The monoisotopic (exact) mass is 373 g/mol. The summed E-state index contributed by atoms with van der Waals surface area (Å²) in [5, 5.41) is 0.795. The Morgan fingerprint density at radius 2 is 2.19 bits per heavy atom. The van der Waals surface area contributed by atoms with Crippen LogP contribution in [0.3, 0.4) is 0 Å². The predicted octanol–water partition coefficient (Wildman–Crippen LogP) is 2.34. The molecule has 2 aliphatic rings. The molecule has 0 amide bonds. The fraction of sp³-hybridized carbons (Fsp3) is 0.444. The lowest BCUT2D eigenvalue weighted by molar-refractivity contribution is -0.486. The van der Waals surface area contributed by atoms with Gasteiger partial charge < -0.3 is 4.90 Å². The molecule has 0 bridgehead atoms. The number of hydrogen-bond acceptors (Lipinski definition) is 6. The average molecular weight is 373 g/mol. The third-order valence-corrected chi connectivity index (χ3v) is 6.02. The van der Waals surface area contributed by atoms with Crippen molar-refractivity contribution < 1.29 is 8.97 Å². The van der Waals surface area contributed by atoms with E-state index in [1.54, 1.807) is 18.0 Å². The predicted molar refractivity (Wildman–Crippen MR) is 101 cm³/mol. The van der Waals surface area contributed by atoms with Crippen molar-refractivity contribution in [2.45, 2.75) is 25.8 Å². The van der Waals surface area contributed by atoms with Crippen LogP contribution in [0.1, 0.15) is 25.5 Å². The number of hydrogen-bond donors (Lipinski definition) is 1. The molecule has 2 N–H and O–H groups in total. The van der Waals surface area contributed by atoms with Gasteiger partial charge in [-0.15, -0.1) is 0 Å². The molecule has 0 aliphatic carbocycles. The molecule has 1 saturated heterocycles. The van der Waals surface area contributed by atoms with Crippen molar-refractivity contribution in [3.05, 3.63) is 42.2 Å². The molecule has 2 atom stereocenters. The first kappa shape index (κ1) is 17.2. The van der Waals surface area contributed by atoms with Gasteiger partial charge >= 0.3 is 5.17 Å². The summed E-state index contributed by atoms with van der Waals surface area (Å²) in [6.07, 6.45) is 4.88. The SMILES string of the molecule is CC(C)c1nc(N2C[C@H]3CSC(N)=[N+](c4cccnc4)[C@H]3C2)ncc1F. The summed E-state index contributed by atoms with van der Waals surface area (Å²) >= 11 is 1.67. The van der Waals surface area contributed by atoms with E-state index in [1.165, 1.54) is 6.20 Å². The van der Waals surface area contributed by atoms with Gasteiger partial charge in [0.2, 0.25) is 5.95 Å². The number of halogens is 1. The Morgan fingerprint density at radius 1 is 1.35 bits per heavy atom. The Kier molecular flexibility index (Phi) is 4.52. The van der Waals surface area contributed by atoms with E-state index >= 15 is 0 Å². The van der Waals surface area contributed by atoms with E-state index in [2.05, 4.69) is 24.4 Å². The van der Waals surface area contributed by atoms with Crippen LogP contribution < -0.4 is 10.6 Å². The summed E-state index contributed by atoms with van der Waals surface area (Å²) in [4.78, 5) is 15.1. The Hall–Kier alpha value is -2.22. The fourth-order valence-corrected chi connectivity index (χ4v) is 4.73. The quantitative estimate of drug-likeness (QED) is 0.833. The van der Waals surface area contributed by atoms with Crippen molar-refractivity contribution in [1.82, 2.24) is 15.0 Å². The standard InChI is InChI=1S/C18H21FN6S/c1-11(2)16-14(19)7-22-18(23-16)24-8-12-10-26-17(20)25(15(12)9-24)13-4-3-5-21-6-13/h3-7,11-12,15,20H,8-10H2,1-2H3/p+1/t12-,15-/m0/s1. The van der Waals surface area contributed by atoms with Gasteiger partial charge in [-0.25, -0.2) is 18.9 Å². The van der Waals surface area contributed by atoms with Crippen LogP contribution in [0.5, 0.6) is 0 Å². The van der Waals surface area contributed by atoms with E-state index in [0.29, 0.717) is 17.6 Å². The summed E-state index contributed by atoms with van der Waals surface area (Å²) in [5.74, 6) is 1.67. The molecule has 2 aromatic heterocycles. The highest BCUT2D eigenvalue weighted by atomic mass is 32.2. The third kappa shape index (κ3) is 3.02. The second-order valence-corrected chi connectivity index (χ2v) is 8.06. The van der Waals surface area contributed by atoms with Gasteiger partial charge in [0.15, 0.2) is 5.82 Å². The minimum Gasteiger partial charge on any atom is -0.336 e. The first-order valence-electron chi connectivity index (χ1n) is 8.76. The Morgan fingerprint density at radius 3 is 2.92 bits per heavy atom.